The first-order valence-electron chi connectivity index (χ1n) is 8.65. The first kappa shape index (κ1) is 21.3. The van der Waals surface area contributed by atoms with Crippen molar-refractivity contribution in [2.24, 2.45) is 5.41 Å². The molecule has 0 radical (unpaired) electrons. The minimum atomic E-state index is -3.71. The second kappa shape index (κ2) is 7.95. The lowest BCUT2D eigenvalue weighted by molar-refractivity contribution is -0.151. The van der Waals surface area contributed by atoms with Crippen molar-refractivity contribution in [3.63, 3.8) is 0 Å². The fourth-order valence-corrected chi connectivity index (χ4v) is 4.51. The number of hydrogen-bond acceptors (Lipinski definition) is 5. The summed E-state index contributed by atoms with van der Waals surface area (Å²) in [7, 11) is -0.802. The van der Waals surface area contributed by atoms with Gasteiger partial charge in [0.2, 0.25) is 10.0 Å². The van der Waals surface area contributed by atoms with E-state index in [2.05, 4.69) is 0 Å². The molecule has 27 heavy (non-hydrogen) atoms. The quantitative estimate of drug-likeness (QED) is 0.742. The maximum Gasteiger partial charge on any atom is 0.313 e. The van der Waals surface area contributed by atoms with Gasteiger partial charge in [-0.3, -0.25) is 9.59 Å². The molecular formula is C18H26N2O6S. The molecule has 8 nitrogen and oxygen atoms in total. The van der Waals surface area contributed by atoms with Gasteiger partial charge in [-0.15, -0.1) is 0 Å². The van der Waals surface area contributed by atoms with Crippen molar-refractivity contribution in [3.05, 3.63) is 29.8 Å². The molecule has 0 bridgehead atoms. The summed E-state index contributed by atoms with van der Waals surface area (Å²) in [6.45, 7) is 3.84. The van der Waals surface area contributed by atoms with E-state index in [-0.39, 0.29) is 42.6 Å². The third kappa shape index (κ3) is 4.15. The maximum absolute atomic E-state index is 12.8. The van der Waals surface area contributed by atoms with Gasteiger partial charge in [0.05, 0.1) is 11.5 Å². The molecule has 1 atom stereocenters. The molecule has 1 aromatic carbocycles. The maximum atomic E-state index is 12.8. The molecule has 2 rings (SSSR count). The van der Waals surface area contributed by atoms with Crippen LogP contribution < -0.4 is 0 Å². The van der Waals surface area contributed by atoms with E-state index in [0.717, 1.165) is 0 Å². The van der Waals surface area contributed by atoms with Crippen molar-refractivity contribution in [2.45, 2.75) is 31.2 Å². The van der Waals surface area contributed by atoms with Crippen LogP contribution in [-0.4, -0.2) is 74.5 Å². The van der Waals surface area contributed by atoms with Crippen LogP contribution in [0.2, 0.25) is 0 Å². The minimum absolute atomic E-state index is 0.0136. The van der Waals surface area contributed by atoms with E-state index >= 15 is 0 Å². The number of sulfonamides is 1. The summed E-state index contributed by atoms with van der Waals surface area (Å²) in [6, 6.07) is 5.62. The number of likely N-dealkylation sites (tertiary alicyclic amines) is 1. The highest BCUT2D eigenvalue weighted by atomic mass is 32.2. The summed E-state index contributed by atoms with van der Waals surface area (Å²) in [4.78, 5) is 25.9. The van der Waals surface area contributed by atoms with E-state index in [0.29, 0.717) is 0 Å². The van der Waals surface area contributed by atoms with Gasteiger partial charge in [0.15, 0.2) is 0 Å². The number of methoxy groups -OCH3 is 1. The van der Waals surface area contributed by atoms with Crippen molar-refractivity contribution in [1.82, 2.24) is 9.21 Å². The molecule has 0 aromatic heterocycles. The fourth-order valence-electron chi connectivity index (χ4n) is 3.09. The molecule has 1 aromatic rings. The molecule has 0 spiro atoms. The molecule has 1 heterocycles. The highest BCUT2D eigenvalue weighted by Crippen LogP contribution is 2.32. The lowest BCUT2D eigenvalue weighted by Gasteiger charge is -2.24. The van der Waals surface area contributed by atoms with Gasteiger partial charge in [0, 0.05) is 38.9 Å². The molecule has 150 valence electrons. The van der Waals surface area contributed by atoms with Crippen molar-refractivity contribution in [2.75, 3.05) is 33.9 Å². The van der Waals surface area contributed by atoms with E-state index in [4.69, 9.17) is 4.74 Å². The highest BCUT2D eigenvalue weighted by molar-refractivity contribution is 7.89. The third-order valence-corrected chi connectivity index (χ3v) is 7.03. The van der Waals surface area contributed by atoms with Gasteiger partial charge in [-0.1, -0.05) is 6.07 Å². The Labute approximate surface area is 159 Å². The van der Waals surface area contributed by atoms with Gasteiger partial charge in [0.25, 0.3) is 5.91 Å². The average molecular weight is 398 g/mol. The van der Waals surface area contributed by atoms with Gasteiger partial charge < -0.3 is 14.7 Å². The molecule has 1 fully saturated rings. The molecule has 1 saturated heterocycles. The standard InChI is InChI=1S/C18H26N2O6S/c1-13(2)19(3)27(24,25)15-7-5-6-14(10-15)16(21)20-9-8-18(11-20,12-26-4)17(22)23/h5-7,10,13H,8-9,11-12H2,1-4H3,(H,22,23). The molecule has 1 aliphatic rings. The molecule has 1 amide bonds. The minimum Gasteiger partial charge on any atom is -0.481 e. The van der Waals surface area contributed by atoms with Gasteiger partial charge in [0.1, 0.15) is 5.41 Å². The van der Waals surface area contributed by atoms with Crippen LogP contribution in [0.5, 0.6) is 0 Å². The van der Waals surface area contributed by atoms with Gasteiger partial charge in [-0.05, 0) is 38.5 Å². The predicted octanol–water partition coefficient (Wildman–Crippen LogP) is 1.28. The second-order valence-electron chi connectivity index (χ2n) is 7.14. The van der Waals surface area contributed by atoms with Crippen molar-refractivity contribution in [1.29, 1.82) is 0 Å². The van der Waals surface area contributed by atoms with E-state index in [1.165, 1.54) is 47.6 Å². The fraction of sp³-hybridized carbons (Fsp3) is 0.556. The smallest absolute Gasteiger partial charge is 0.313 e. The van der Waals surface area contributed by atoms with Crippen LogP contribution >= 0.6 is 0 Å². The summed E-state index contributed by atoms with van der Waals surface area (Å²) in [5, 5.41) is 9.53. The summed E-state index contributed by atoms with van der Waals surface area (Å²) in [5.74, 6) is -1.40. The van der Waals surface area contributed by atoms with Crippen LogP contribution in [0.15, 0.2) is 29.2 Å². The highest BCUT2D eigenvalue weighted by Gasteiger charge is 2.46. The summed E-state index contributed by atoms with van der Waals surface area (Å²) < 4.78 is 31.6. The van der Waals surface area contributed by atoms with Gasteiger partial charge >= 0.3 is 5.97 Å². The Morgan fingerprint density at radius 3 is 2.59 bits per heavy atom. The Bertz CT molecular complexity index is 823. The number of carboxylic acid groups (broad SMARTS) is 1. The summed E-state index contributed by atoms with van der Waals surface area (Å²) >= 11 is 0. The summed E-state index contributed by atoms with van der Waals surface area (Å²) in [6.07, 6.45) is 0.288. The Hall–Kier alpha value is -1.97. The lowest BCUT2D eigenvalue weighted by Crippen LogP contribution is -2.40. The first-order valence-corrected chi connectivity index (χ1v) is 10.1. The SMILES string of the molecule is COCC1(C(=O)O)CCN(C(=O)c2cccc(S(=O)(=O)N(C)C(C)C)c2)C1. The Balaban J connectivity index is 2.28. The lowest BCUT2D eigenvalue weighted by atomic mass is 9.88. The topological polar surface area (TPSA) is 104 Å². The Kier molecular flexibility index (Phi) is 6.28. The molecule has 0 aliphatic carbocycles. The zero-order valence-electron chi connectivity index (χ0n) is 16.0. The molecule has 1 unspecified atom stereocenters. The first-order chi connectivity index (χ1) is 12.5. The van der Waals surface area contributed by atoms with E-state index in [1.807, 2.05) is 0 Å². The number of hydrogen-bond donors (Lipinski definition) is 1. The number of rotatable bonds is 7. The van der Waals surface area contributed by atoms with Crippen LogP contribution in [0.4, 0.5) is 0 Å². The van der Waals surface area contributed by atoms with Crippen LogP contribution in [0.25, 0.3) is 0 Å². The summed E-state index contributed by atoms with van der Waals surface area (Å²) in [5.41, 5.74) is -0.918. The molecule has 0 saturated carbocycles. The number of carboxylic acids is 1. The van der Waals surface area contributed by atoms with E-state index < -0.39 is 27.3 Å². The van der Waals surface area contributed by atoms with E-state index in [1.54, 1.807) is 13.8 Å². The normalized spacial score (nSPS) is 20.4. The van der Waals surface area contributed by atoms with E-state index in [9.17, 15) is 23.1 Å². The number of amides is 1. The molecule has 1 aliphatic heterocycles. The zero-order chi connectivity index (χ0) is 20.4. The molecule has 9 heteroatoms. The number of carbonyl (C=O) groups is 2. The van der Waals surface area contributed by atoms with Crippen LogP contribution in [0.1, 0.15) is 30.6 Å². The number of ether oxygens (including phenoxy) is 1. The average Bonchev–Trinajstić information content (AvgIpc) is 3.06. The van der Waals surface area contributed by atoms with Crippen LogP contribution in [-0.2, 0) is 19.6 Å². The largest absolute Gasteiger partial charge is 0.481 e. The number of carbonyl (C=O) groups excluding carboxylic acids is 1. The van der Waals surface area contributed by atoms with Crippen LogP contribution in [0, 0.1) is 5.41 Å². The predicted molar refractivity (Wildman–Crippen MR) is 99.0 cm³/mol. The molecular weight excluding hydrogens is 372 g/mol. The zero-order valence-corrected chi connectivity index (χ0v) is 16.8. The van der Waals surface area contributed by atoms with Gasteiger partial charge in [-0.25, -0.2) is 8.42 Å². The number of aliphatic carboxylic acids is 1. The molecule has 1 N–H and O–H groups in total. The monoisotopic (exact) mass is 398 g/mol. The van der Waals surface area contributed by atoms with Crippen molar-refractivity contribution < 1.29 is 27.9 Å². The third-order valence-electron chi connectivity index (χ3n) is 5.00. The van der Waals surface area contributed by atoms with Crippen molar-refractivity contribution in [3.8, 4) is 0 Å². The number of benzene rings is 1. The Morgan fingerprint density at radius 1 is 1.37 bits per heavy atom. The van der Waals surface area contributed by atoms with Crippen LogP contribution in [0.3, 0.4) is 0 Å². The number of nitrogens with zero attached hydrogens (tertiary/aromatic N) is 2. The Morgan fingerprint density at radius 2 is 2.04 bits per heavy atom. The van der Waals surface area contributed by atoms with Gasteiger partial charge in [-0.2, -0.15) is 4.31 Å². The second-order valence-corrected chi connectivity index (χ2v) is 9.14. The van der Waals surface area contributed by atoms with Crippen molar-refractivity contribution >= 4 is 21.9 Å².